The van der Waals surface area contributed by atoms with Crippen LogP contribution in [0.5, 0.6) is 5.88 Å². The van der Waals surface area contributed by atoms with E-state index in [1.54, 1.807) is 6.20 Å². The smallest absolute Gasteiger partial charge is 0.213 e. The third kappa shape index (κ3) is 4.46. The van der Waals surface area contributed by atoms with Gasteiger partial charge in [-0.25, -0.2) is 4.98 Å². The van der Waals surface area contributed by atoms with Crippen molar-refractivity contribution in [1.82, 2.24) is 10.3 Å². The van der Waals surface area contributed by atoms with Gasteiger partial charge in [-0.1, -0.05) is 25.4 Å². The van der Waals surface area contributed by atoms with Crippen molar-refractivity contribution in [2.24, 2.45) is 5.92 Å². The fraction of sp³-hybridized carbons (Fsp3) is 0.643. The Balaban J connectivity index is 1.87. The zero-order chi connectivity index (χ0) is 13.0. The van der Waals surface area contributed by atoms with Gasteiger partial charge in [-0.05, 0) is 30.7 Å². The summed E-state index contributed by atoms with van der Waals surface area (Å²) in [4.78, 5) is 4.20. The average Bonchev–Trinajstić information content (AvgIpc) is 3.13. The van der Waals surface area contributed by atoms with Crippen molar-refractivity contribution in [2.45, 2.75) is 45.7 Å². The van der Waals surface area contributed by atoms with Gasteiger partial charge >= 0.3 is 0 Å². The van der Waals surface area contributed by atoms with Crippen molar-refractivity contribution >= 4 is 11.6 Å². The number of ether oxygens (including phenoxy) is 1. The second kappa shape index (κ2) is 6.39. The van der Waals surface area contributed by atoms with E-state index in [1.807, 2.05) is 6.07 Å². The SMILES string of the molecule is CC(C)CCOc1cc(CNC2CC2)c(Cl)cn1. The van der Waals surface area contributed by atoms with Gasteiger partial charge in [0.1, 0.15) is 0 Å². The van der Waals surface area contributed by atoms with Gasteiger partial charge in [0.15, 0.2) is 0 Å². The molecule has 2 rings (SSSR count). The van der Waals surface area contributed by atoms with E-state index < -0.39 is 0 Å². The number of rotatable bonds is 7. The lowest BCUT2D eigenvalue weighted by atomic mass is 10.1. The Bertz CT molecular complexity index is 391. The average molecular weight is 269 g/mol. The van der Waals surface area contributed by atoms with Gasteiger partial charge in [-0.15, -0.1) is 0 Å². The highest BCUT2D eigenvalue weighted by atomic mass is 35.5. The van der Waals surface area contributed by atoms with Crippen LogP contribution in [0.2, 0.25) is 5.02 Å². The second-order valence-electron chi connectivity index (χ2n) is 5.30. The van der Waals surface area contributed by atoms with Crippen molar-refractivity contribution < 1.29 is 4.74 Å². The standard InChI is InChI=1S/C14H21ClN2O/c1-10(2)5-6-18-14-7-11(13(15)9-17-14)8-16-12-3-4-12/h7,9-10,12,16H,3-6,8H2,1-2H3. The fourth-order valence-corrected chi connectivity index (χ4v) is 1.78. The normalized spacial score (nSPS) is 15.1. The number of aromatic nitrogens is 1. The first-order chi connectivity index (χ1) is 8.65. The van der Waals surface area contributed by atoms with Crippen LogP contribution in [0.25, 0.3) is 0 Å². The molecule has 0 amide bonds. The zero-order valence-electron chi connectivity index (χ0n) is 11.1. The minimum absolute atomic E-state index is 0.647. The fourth-order valence-electron chi connectivity index (χ4n) is 1.61. The van der Waals surface area contributed by atoms with Gasteiger partial charge in [0, 0.05) is 24.8 Å². The molecule has 0 radical (unpaired) electrons. The molecule has 1 saturated carbocycles. The van der Waals surface area contributed by atoms with Crippen LogP contribution in [0.4, 0.5) is 0 Å². The summed E-state index contributed by atoms with van der Waals surface area (Å²) in [7, 11) is 0. The lowest BCUT2D eigenvalue weighted by Gasteiger charge is -2.10. The van der Waals surface area contributed by atoms with Crippen molar-refractivity contribution in [2.75, 3.05) is 6.61 Å². The summed E-state index contributed by atoms with van der Waals surface area (Å²) in [6.07, 6.45) is 5.27. The van der Waals surface area contributed by atoms with E-state index in [2.05, 4.69) is 24.1 Å². The van der Waals surface area contributed by atoms with Crippen molar-refractivity contribution in [3.05, 3.63) is 22.8 Å². The lowest BCUT2D eigenvalue weighted by Crippen LogP contribution is -2.15. The van der Waals surface area contributed by atoms with E-state index in [4.69, 9.17) is 16.3 Å². The number of hydrogen-bond donors (Lipinski definition) is 1. The first kappa shape index (κ1) is 13.6. The molecule has 18 heavy (non-hydrogen) atoms. The maximum Gasteiger partial charge on any atom is 0.213 e. The van der Waals surface area contributed by atoms with Crippen LogP contribution < -0.4 is 10.1 Å². The number of pyridine rings is 1. The molecule has 1 fully saturated rings. The molecule has 100 valence electrons. The molecule has 1 heterocycles. The highest BCUT2D eigenvalue weighted by Crippen LogP contribution is 2.23. The van der Waals surface area contributed by atoms with Crippen LogP contribution in [-0.4, -0.2) is 17.6 Å². The van der Waals surface area contributed by atoms with Crippen LogP contribution in [0, 0.1) is 5.92 Å². The van der Waals surface area contributed by atoms with Gasteiger partial charge in [0.25, 0.3) is 0 Å². The molecule has 1 aliphatic rings. The molecule has 0 spiro atoms. The Morgan fingerprint density at radius 2 is 2.28 bits per heavy atom. The molecule has 0 saturated heterocycles. The Labute approximate surface area is 114 Å². The van der Waals surface area contributed by atoms with Crippen LogP contribution in [0.3, 0.4) is 0 Å². The molecule has 0 aromatic carbocycles. The van der Waals surface area contributed by atoms with Gasteiger partial charge in [-0.3, -0.25) is 0 Å². The van der Waals surface area contributed by atoms with Crippen molar-refractivity contribution in [3.63, 3.8) is 0 Å². The molecule has 0 aliphatic heterocycles. The zero-order valence-corrected chi connectivity index (χ0v) is 11.8. The van der Waals surface area contributed by atoms with Crippen LogP contribution in [0.1, 0.15) is 38.7 Å². The minimum Gasteiger partial charge on any atom is -0.478 e. The predicted molar refractivity (Wildman–Crippen MR) is 74.1 cm³/mol. The van der Waals surface area contributed by atoms with Gasteiger partial charge in [0.05, 0.1) is 11.6 Å². The monoisotopic (exact) mass is 268 g/mol. The van der Waals surface area contributed by atoms with E-state index >= 15 is 0 Å². The third-order valence-corrected chi connectivity index (χ3v) is 3.35. The molecule has 0 atom stereocenters. The maximum atomic E-state index is 6.13. The molecular formula is C14H21ClN2O. The first-order valence-electron chi connectivity index (χ1n) is 6.65. The quantitative estimate of drug-likeness (QED) is 0.823. The first-order valence-corrected chi connectivity index (χ1v) is 7.03. The summed E-state index contributed by atoms with van der Waals surface area (Å²) in [6.45, 7) is 5.88. The number of halogens is 1. The Kier molecular flexibility index (Phi) is 4.84. The van der Waals surface area contributed by atoms with Crippen LogP contribution >= 0.6 is 11.6 Å². The lowest BCUT2D eigenvalue weighted by molar-refractivity contribution is 0.279. The van der Waals surface area contributed by atoms with Gasteiger partial charge < -0.3 is 10.1 Å². The summed E-state index contributed by atoms with van der Waals surface area (Å²) < 4.78 is 5.64. The number of nitrogens with zero attached hydrogens (tertiary/aromatic N) is 1. The molecule has 1 aliphatic carbocycles. The molecule has 1 aromatic rings. The Morgan fingerprint density at radius 1 is 1.50 bits per heavy atom. The minimum atomic E-state index is 0.647. The van der Waals surface area contributed by atoms with Crippen molar-refractivity contribution in [1.29, 1.82) is 0 Å². The van der Waals surface area contributed by atoms with Gasteiger partial charge in [0.2, 0.25) is 5.88 Å². The topological polar surface area (TPSA) is 34.1 Å². The molecular weight excluding hydrogens is 248 g/mol. The van der Waals surface area contributed by atoms with Crippen molar-refractivity contribution in [3.8, 4) is 5.88 Å². The summed E-state index contributed by atoms with van der Waals surface area (Å²) in [6, 6.07) is 2.62. The summed E-state index contributed by atoms with van der Waals surface area (Å²) in [5, 5.41) is 4.16. The predicted octanol–water partition coefficient (Wildman–Crippen LogP) is 3.41. The highest BCUT2D eigenvalue weighted by molar-refractivity contribution is 6.31. The molecule has 0 unspecified atom stereocenters. The van der Waals surface area contributed by atoms with E-state index in [0.29, 0.717) is 29.5 Å². The highest BCUT2D eigenvalue weighted by Gasteiger charge is 2.20. The molecule has 1 aromatic heterocycles. The Morgan fingerprint density at radius 3 is 2.94 bits per heavy atom. The molecule has 4 heteroatoms. The summed E-state index contributed by atoms with van der Waals surface area (Å²) >= 11 is 6.13. The Hall–Kier alpha value is -0.800. The summed E-state index contributed by atoms with van der Waals surface area (Å²) in [5.41, 5.74) is 1.07. The number of hydrogen-bond acceptors (Lipinski definition) is 3. The largest absolute Gasteiger partial charge is 0.478 e. The van der Waals surface area contributed by atoms with E-state index in [-0.39, 0.29) is 0 Å². The molecule has 0 bridgehead atoms. The van der Waals surface area contributed by atoms with Gasteiger partial charge in [-0.2, -0.15) is 0 Å². The van der Waals surface area contributed by atoms with E-state index in [1.165, 1.54) is 12.8 Å². The molecule has 1 N–H and O–H groups in total. The number of nitrogens with one attached hydrogen (secondary N) is 1. The van der Waals surface area contributed by atoms with Crippen LogP contribution in [0.15, 0.2) is 12.3 Å². The second-order valence-corrected chi connectivity index (χ2v) is 5.71. The summed E-state index contributed by atoms with van der Waals surface area (Å²) in [5.74, 6) is 1.32. The van der Waals surface area contributed by atoms with Crippen LogP contribution in [-0.2, 0) is 6.54 Å². The van der Waals surface area contributed by atoms with E-state index in [9.17, 15) is 0 Å². The third-order valence-electron chi connectivity index (χ3n) is 3.01. The van der Waals surface area contributed by atoms with E-state index in [0.717, 1.165) is 18.5 Å². The molecule has 3 nitrogen and oxygen atoms in total. The maximum absolute atomic E-state index is 6.13.